The van der Waals surface area contributed by atoms with Gasteiger partial charge in [0.2, 0.25) is 0 Å². The molecule has 0 bridgehead atoms. The molecular weight excluding hydrogens is 325 g/mol. The number of hydrogen-bond acceptors (Lipinski definition) is 2. The SMILES string of the molecule is O=[N+]([O-])/C(=C/c1cc(F)ccc1Br)Cc1ccccc1. The molecule has 0 N–H and O–H groups in total. The van der Waals surface area contributed by atoms with Crippen LogP contribution in [0.15, 0.2) is 58.7 Å². The van der Waals surface area contributed by atoms with E-state index in [0.717, 1.165) is 5.56 Å². The summed E-state index contributed by atoms with van der Waals surface area (Å²) in [5.41, 5.74) is 1.30. The van der Waals surface area contributed by atoms with Crippen molar-refractivity contribution in [3.8, 4) is 0 Å². The van der Waals surface area contributed by atoms with Crippen LogP contribution in [0.5, 0.6) is 0 Å². The van der Waals surface area contributed by atoms with E-state index in [1.165, 1.54) is 24.3 Å². The summed E-state index contributed by atoms with van der Waals surface area (Å²) in [5, 5.41) is 11.1. The number of hydrogen-bond donors (Lipinski definition) is 0. The highest BCUT2D eigenvalue weighted by Gasteiger charge is 2.13. The molecule has 2 aromatic carbocycles. The summed E-state index contributed by atoms with van der Waals surface area (Å²) < 4.78 is 13.8. The van der Waals surface area contributed by atoms with E-state index in [1.54, 1.807) is 0 Å². The lowest BCUT2D eigenvalue weighted by atomic mass is 10.1. The third-order valence-electron chi connectivity index (χ3n) is 2.74. The summed E-state index contributed by atoms with van der Waals surface area (Å²) in [6.45, 7) is 0. The summed E-state index contributed by atoms with van der Waals surface area (Å²) >= 11 is 3.26. The van der Waals surface area contributed by atoms with E-state index >= 15 is 0 Å². The summed E-state index contributed by atoms with van der Waals surface area (Å²) in [6.07, 6.45) is 1.58. The molecule has 2 rings (SSSR count). The average Bonchev–Trinajstić information content (AvgIpc) is 2.43. The molecule has 0 aliphatic carbocycles. The summed E-state index contributed by atoms with van der Waals surface area (Å²) in [4.78, 5) is 10.7. The minimum atomic E-state index is -0.440. The van der Waals surface area contributed by atoms with Crippen molar-refractivity contribution in [1.29, 1.82) is 0 Å². The second-order valence-electron chi connectivity index (χ2n) is 4.22. The van der Waals surface area contributed by atoms with Gasteiger partial charge in [0.15, 0.2) is 0 Å². The lowest BCUT2D eigenvalue weighted by molar-refractivity contribution is -0.425. The zero-order chi connectivity index (χ0) is 14.5. The Labute approximate surface area is 124 Å². The maximum Gasteiger partial charge on any atom is 0.251 e. The fourth-order valence-electron chi connectivity index (χ4n) is 1.78. The van der Waals surface area contributed by atoms with Gasteiger partial charge in [0.1, 0.15) is 5.82 Å². The second-order valence-corrected chi connectivity index (χ2v) is 5.08. The third-order valence-corrected chi connectivity index (χ3v) is 3.46. The average molecular weight is 336 g/mol. The van der Waals surface area contributed by atoms with Gasteiger partial charge in [-0.25, -0.2) is 4.39 Å². The van der Waals surface area contributed by atoms with Gasteiger partial charge < -0.3 is 0 Å². The van der Waals surface area contributed by atoms with E-state index in [1.807, 2.05) is 30.3 Å². The Bertz CT molecular complexity index is 656. The molecule has 3 nitrogen and oxygen atoms in total. The van der Waals surface area contributed by atoms with Crippen molar-refractivity contribution in [3.05, 3.63) is 85.8 Å². The van der Waals surface area contributed by atoms with E-state index in [2.05, 4.69) is 15.9 Å². The molecule has 0 aliphatic rings. The predicted molar refractivity (Wildman–Crippen MR) is 79.2 cm³/mol. The Kier molecular flexibility index (Phi) is 4.63. The Morgan fingerprint density at radius 1 is 1.25 bits per heavy atom. The van der Waals surface area contributed by atoms with Gasteiger partial charge in [-0.05, 0) is 29.3 Å². The normalized spacial score (nSPS) is 11.4. The monoisotopic (exact) mass is 335 g/mol. The Hall–Kier alpha value is -2.01. The van der Waals surface area contributed by atoms with E-state index in [4.69, 9.17) is 0 Å². The molecule has 0 radical (unpaired) electrons. The molecule has 0 atom stereocenters. The Balaban J connectivity index is 2.35. The molecule has 5 heteroatoms. The number of benzene rings is 2. The molecule has 0 fully saturated rings. The van der Waals surface area contributed by atoms with Gasteiger partial charge in [-0.1, -0.05) is 46.3 Å². The predicted octanol–water partition coefficient (Wildman–Crippen LogP) is 4.45. The van der Waals surface area contributed by atoms with Gasteiger partial charge in [-0.3, -0.25) is 10.1 Å². The van der Waals surface area contributed by atoms with Crippen LogP contribution in [0, 0.1) is 15.9 Å². The van der Waals surface area contributed by atoms with Crippen molar-refractivity contribution in [2.24, 2.45) is 0 Å². The van der Waals surface area contributed by atoms with Crippen LogP contribution in [0.3, 0.4) is 0 Å². The molecule has 0 heterocycles. The Morgan fingerprint density at radius 3 is 2.60 bits per heavy atom. The second kappa shape index (κ2) is 6.43. The third kappa shape index (κ3) is 3.74. The number of nitro groups is 1. The molecule has 102 valence electrons. The lowest BCUT2D eigenvalue weighted by Crippen LogP contribution is -2.02. The van der Waals surface area contributed by atoms with E-state index < -0.39 is 10.7 Å². The Morgan fingerprint density at radius 2 is 1.95 bits per heavy atom. The fourth-order valence-corrected chi connectivity index (χ4v) is 2.14. The van der Waals surface area contributed by atoms with Crippen LogP contribution >= 0.6 is 15.9 Å². The molecule has 0 unspecified atom stereocenters. The molecule has 0 amide bonds. The summed E-state index contributed by atoms with van der Waals surface area (Å²) in [5.74, 6) is -0.429. The molecule has 0 aliphatic heterocycles. The van der Waals surface area contributed by atoms with Crippen molar-refractivity contribution in [2.75, 3.05) is 0 Å². The molecule has 0 aromatic heterocycles. The van der Waals surface area contributed by atoms with Crippen molar-refractivity contribution in [1.82, 2.24) is 0 Å². The lowest BCUT2D eigenvalue weighted by Gasteiger charge is -2.02. The first kappa shape index (κ1) is 14.4. The standard InChI is InChI=1S/C15H11BrFNO2/c16-15-7-6-13(17)9-12(15)10-14(18(19)20)8-11-4-2-1-3-5-11/h1-7,9-10H,8H2/b14-10+. The van der Waals surface area contributed by atoms with Gasteiger partial charge in [0.05, 0.1) is 11.3 Å². The number of nitrogens with zero attached hydrogens (tertiary/aromatic N) is 1. The van der Waals surface area contributed by atoms with E-state index in [0.29, 0.717) is 10.0 Å². The van der Waals surface area contributed by atoms with Gasteiger partial charge in [-0.2, -0.15) is 0 Å². The van der Waals surface area contributed by atoms with E-state index in [-0.39, 0.29) is 12.1 Å². The number of halogens is 2. The molecular formula is C15H11BrFNO2. The zero-order valence-electron chi connectivity index (χ0n) is 10.4. The smallest absolute Gasteiger partial charge is 0.251 e. The first-order valence-electron chi connectivity index (χ1n) is 5.90. The molecule has 0 spiro atoms. The molecule has 20 heavy (non-hydrogen) atoms. The quantitative estimate of drug-likeness (QED) is 0.612. The highest BCUT2D eigenvalue weighted by Crippen LogP contribution is 2.22. The van der Waals surface area contributed by atoms with Crippen LogP contribution in [-0.2, 0) is 6.42 Å². The van der Waals surface area contributed by atoms with Gasteiger partial charge in [0.25, 0.3) is 5.70 Å². The maximum atomic E-state index is 13.2. The molecule has 0 saturated carbocycles. The highest BCUT2D eigenvalue weighted by atomic mass is 79.9. The van der Waals surface area contributed by atoms with Gasteiger partial charge in [0, 0.05) is 10.5 Å². The van der Waals surface area contributed by atoms with Crippen LogP contribution in [0.1, 0.15) is 11.1 Å². The van der Waals surface area contributed by atoms with Crippen molar-refractivity contribution in [2.45, 2.75) is 6.42 Å². The number of rotatable bonds is 4. The maximum absolute atomic E-state index is 13.2. The topological polar surface area (TPSA) is 43.1 Å². The fraction of sp³-hybridized carbons (Fsp3) is 0.0667. The van der Waals surface area contributed by atoms with Crippen LogP contribution < -0.4 is 0 Å². The van der Waals surface area contributed by atoms with Crippen molar-refractivity contribution in [3.63, 3.8) is 0 Å². The van der Waals surface area contributed by atoms with Crippen LogP contribution in [0.4, 0.5) is 4.39 Å². The first-order valence-corrected chi connectivity index (χ1v) is 6.69. The zero-order valence-corrected chi connectivity index (χ0v) is 12.0. The van der Waals surface area contributed by atoms with Gasteiger partial charge >= 0.3 is 0 Å². The minimum absolute atomic E-state index is 0.0162. The van der Waals surface area contributed by atoms with Crippen LogP contribution in [-0.4, -0.2) is 4.92 Å². The van der Waals surface area contributed by atoms with Crippen molar-refractivity contribution >= 4 is 22.0 Å². The highest BCUT2D eigenvalue weighted by molar-refractivity contribution is 9.10. The first-order chi connectivity index (χ1) is 9.56. The number of allylic oxidation sites excluding steroid dienone is 1. The van der Waals surface area contributed by atoms with Gasteiger partial charge in [-0.15, -0.1) is 0 Å². The largest absolute Gasteiger partial charge is 0.259 e. The van der Waals surface area contributed by atoms with Crippen molar-refractivity contribution < 1.29 is 9.31 Å². The summed E-state index contributed by atoms with van der Waals surface area (Å²) in [6, 6.07) is 13.2. The minimum Gasteiger partial charge on any atom is -0.259 e. The van der Waals surface area contributed by atoms with Crippen LogP contribution in [0.25, 0.3) is 6.08 Å². The molecule has 0 saturated heterocycles. The van der Waals surface area contributed by atoms with E-state index in [9.17, 15) is 14.5 Å². The van der Waals surface area contributed by atoms with Crippen LogP contribution in [0.2, 0.25) is 0 Å². The molecule has 2 aromatic rings. The summed E-state index contributed by atoms with van der Waals surface area (Å²) in [7, 11) is 0.